The van der Waals surface area contributed by atoms with E-state index in [1.807, 2.05) is 0 Å². The molecule has 1 saturated carbocycles. The van der Waals surface area contributed by atoms with Gasteiger partial charge in [-0.15, -0.1) is 0 Å². The summed E-state index contributed by atoms with van der Waals surface area (Å²) in [6, 6.07) is 10.9. The first-order valence-corrected chi connectivity index (χ1v) is 7.11. The van der Waals surface area contributed by atoms with E-state index < -0.39 is 0 Å². The molecule has 1 N–H and O–H groups in total. The van der Waals surface area contributed by atoms with Crippen molar-refractivity contribution in [2.45, 2.75) is 38.6 Å². The first-order chi connectivity index (χ1) is 9.32. The number of para-hydroxylation sites is 1. The Morgan fingerprint density at radius 1 is 1.21 bits per heavy atom. The maximum absolute atomic E-state index is 9.25. The molecule has 4 rings (SSSR count). The molecule has 1 spiro atoms. The smallest absolute Gasteiger partial charge is 0.0636 e. The third-order valence-electron chi connectivity index (χ3n) is 5.03. The summed E-state index contributed by atoms with van der Waals surface area (Å²) in [7, 11) is 0. The number of fused-ring (bicyclic) bond motifs is 3. The molecule has 19 heavy (non-hydrogen) atoms. The van der Waals surface area contributed by atoms with E-state index in [2.05, 4.69) is 40.1 Å². The Labute approximate surface area is 112 Å². The maximum atomic E-state index is 9.25. The zero-order valence-electron chi connectivity index (χ0n) is 11.0. The minimum absolute atomic E-state index is 0.138. The normalized spacial score (nSPS) is 28.3. The minimum atomic E-state index is 0.138. The molecular weight excluding hydrogens is 236 g/mol. The average molecular weight is 254 g/mol. The summed E-state index contributed by atoms with van der Waals surface area (Å²) in [5, 5.41) is 14.2. The number of hydrogen-bond acceptors (Lipinski definition) is 2. The zero-order valence-corrected chi connectivity index (χ0v) is 11.0. The number of nitrogens with zero attached hydrogens (tertiary/aromatic N) is 2. The molecule has 0 radical (unpaired) electrons. The standard InChI is InChI=1S/C16H18N2O/c19-17-15-6-3-7-16(15)8-9-18-13(11-16)10-12-4-1-2-5-14(12)18/h1-2,4-5,10,19H,3,6-9,11H2. The van der Waals surface area contributed by atoms with Gasteiger partial charge in [0.15, 0.2) is 0 Å². The number of oxime groups is 1. The number of aryl methyl sites for hydroxylation is 1. The van der Waals surface area contributed by atoms with Gasteiger partial charge < -0.3 is 9.77 Å². The van der Waals surface area contributed by atoms with Crippen molar-refractivity contribution in [3.05, 3.63) is 36.0 Å². The predicted octanol–water partition coefficient (Wildman–Crippen LogP) is 3.59. The number of hydrogen-bond donors (Lipinski definition) is 1. The van der Waals surface area contributed by atoms with Gasteiger partial charge >= 0.3 is 0 Å². The molecule has 1 aromatic heterocycles. The van der Waals surface area contributed by atoms with Crippen molar-refractivity contribution in [1.82, 2.24) is 4.57 Å². The Hall–Kier alpha value is -1.77. The Kier molecular flexibility index (Phi) is 2.25. The van der Waals surface area contributed by atoms with E-state index in [0.29, 0.717) is 0 Å². The van der Waals surface area contributed by atoms with Gasteiger partial charge in [0.2, 0.25) is 0 Å². The summed E-state index contributed by atoms with van der Waals surface area (Å²) in [6.07, 6.45) is 5.45. The van der Waals surface area contributed by atoms with Crippen molar-refractivity contribution >= 4 is 16.6 Å². The molecule has 1 aliphatic carbocycles. The van der Waals surface area contributed by atoms with E-state index in [4.69, 9.17) is 0 Å². The number of rotatable bonds is 0. The summed E-state index contributed by atoms with van der Waals surface area (Å²) in [5.41, 5.74) is 3.91. The van der Waals surface area contributed by atoms with Gasteiger partial charge in [0.05, 0.1) is 5.71 Å². The fourth-order valence-corrected chi connectivity index (χ4v) is 4.06. The third kappa shape index (κ3) is 1.47. The zero-order chi connectivity index (χ0) is 12.9. The van der Waals surface area contributed by atoms with E-state index in [1.165, 1.54) is 29.4 Å². The second-order valence-electron chi connectivity index (χ2n) is 5.95. The molecule has 0 bridgehead atoms. The molecule has 1 aliphatic heterocycles. The number of benzene rings is 1. The molecule has 3 nitrogen and oxygen atoms in total. The van der Waals surface area contributed by atoms with Gasteiger partial charge in [-0.2, -0.15) is 0 Å². The molecule has 2 heterocycles. The van der Waals surface area contributed by atoms with Crippen LogP contribution in [0.15, 0.2) is 35.5 Å². The minimum Gasteiger partial charge on any atom is -0.411 e. The van der Waals surface area contributed by atoms with Gasteiger partial charge in [-0.25, -0.2) is 0 Å². The average Bonchev–Trinajstić information content (AvgIpc) is 2.99. The predicted molar refractivity (Wildman–Crippen MR) is 75.8 cm³/mol. The summed E-state index contributed by atoms with van der Waals surface area (Å²) in [4.78, 5) is 0. The fraction of sp³-hybridized carbons (Fsp3) is 0.438. The van der Waals surface area contributed by atoms with Crippen molar-refractivity contribution in [2.75, 3.05) is 0 Å². The Morgan fingerprint density at radius 2 is 2.11 bits per heavy atom. The third-order valence-corrected chi connectivity index (χ3v) is 5.03. The largest absolute Gasteiger partial charge is 0.411 e. The monoisotopic (exact) mass is 254 g/mol. The Bertz CT molecular complexity index is 670. The molecule has 0 amide bonds. The van der Waals surface area contributed by atoms with Crippen LogP contribution in [0.2, 0.25) is 0 Å². The summed E-state index contributed by atoms with van der Waals surface area (Å²) in [5.74, 6) is 0. The molecule has 1 unspecified atom stereocenters. The summed E-state index contributed by atoms with van der Waals surface area (Å²) >= 11 is 0. The molecule has 3 heteroatoms. The van der Waals surface area contributed by atoms with E-state index in [9.17, 15) is 5.21 Å². The van der Waals surface area contributed by atoms with Gasteiger partial charge in [0.25, 0.3) is 0 Å². The van der Waals surface area contributed by atoms with E-state index in [1.54, 1.807) is 0 Å². The lowest BCUT2D eigenvalue weighted by Gasteiger charge is -2.34. The Balaban J connectivity index is 1.82. The van der Waals surface area contributed by atoms with Crippen LogP contribution in [0, 0.1) is 5.41 Å². The van der Waals surface area contributed by atoms with Gasteiger partial charge in [0, 0.05) is 23.2 Å². The van der Waals surface area contributed by atoms with Crippen molar-refractivity contribution in [1.29, 1.82) is 0 Å². The van der Waals surface area contributed by atoms with Crippen LogP contribution in [-0.2, 0) is 13.0 Å². The highest BCUT2D eigenvalue weighted by Gasteiger charge is 2.43. The van der Waals surface area contributed by atoms with Crippen molar-refractivity contribution in [3.8, 4) is 0 Å². The van der Waals surface area contributed by atoms with Crippen LogP contribution in [-0.4, -0.2) is 15.5 Å². The molecule has 1 fully saturated rings. The lowest BCUT2D eigenvalue weighted by molar-refractivity contribution is 0.279. The highest BCUT2D eigenvalue weighted by atomic mass is 16.4. The quantitative estimate of drug-likeness (QED) is 0.566. The second-order valence-corrected chi connectivity index (χ2v) is 5.95. The SMILES string of the molecule is ON=C1CCCC12CCn1c(cc3ccccc31)C2. The van der Waals surface area contributed by atoms with Crippen LogP contribution >= 0.6 is 0 Å². The molecule has 0 saturated heterocycles. The van der Waals surface area contributed by atoms with Crippen molar-refractivity contribution in [3.63, 3.8) is 0 Å². The van der Waals surface area contributed by atoms with Crippen molar-refractivity contribution in [2.24, 2.45) is 10.6 Å². The first kappa shape index (κ1) is 11.1. The van der Waals surface area contributed by atoms with Crippen LogP contribution in [0.1, 0.15) is 31.4 Å². The molecule has 1 aromatic carbocycles. The van der Waals surface area contributed by atoms with Crippen LogP contribution in [0.25, 0.3) is 10.9 Å². The van der Waals surface area contributed by atoms with Crippen LogP contribution < -0.4 is 0 Å². The fourth-order valence-electron chi connectivity index (χ4n) is 4.06. The van der Waals surface area contributed by atoms with E-state index >= 15 is 0 Å². The summed E-state index contributed by atoms with van der Waals surface area (Å²) < 4.78 is 2.44. The lowest BCUT2D eigenvalue weighted by atomic mass is 9.75. The highest BCUT2D eigenvalue weighted by Crippen LogP contribution is 2.45. The van der Waals surface area contributed by atoms with Gasteiger partial charge in [0.1, 0.15) is 0 Å². The maximum Gasteiger partial charge on any atom is 0.0636 e. The first-order valence-electron chi connectivity index (χ1n) is 7.11. The summed E-state index contributed by atoms with van der Waals surface area (Å²) in [6.45, 7) is 1.04. The highest BCUT2D eigenvalue weighted by molar-refractivity contribution is 5.92. The van der Waals surface area contributed by atoms with Crippen molar-refractivity contribution < 1.29 is 5.21 Å². The van der Waals surface area contributed by atoms with Gasteiger partial charge in [-0.3, -0.25) is 0 Å². The van der Waals surface area contributed by atoms with Gasteiger partial charge in [-0.05, 0) is 49.6 Å². The van der Waals surface area contributed by atoms with Gasteiger partial charge in [-0.1, -0.05) is 23.4 Å². The molecular formula is C16H18N2O. The molecule has 98 valence electrons. The van der Waals surface area contributed by atoms with E-state index in [0.717, 1.165) is 31.5 Å². The molecule has 2 aromatic rings. The van der Waals surface area contributed by atoms with E-state index in [-0.39, 0.29) is 5.41 Å². The van der Waals surface area contributed by atoms with Crippen LogP contribution in [0.3, 0.4) is 0 Å². The topological polar surface area (TPSA) is 37.5 Å². The van der Waals surface area contributed by atoms with Crippen LogP contribution in [0.5, 0.6) is 0 Å². The Morgan fingerprint density at radius 3 is 3.00 bits per heavy atom. The van der Waals surface area contributed by atoms with Crippen LogP contribution in [0.4, 0.5) is 0 Å². The number of aromatic nitrogens is 1. The second kappa shape index (κ2) is 3.86. The lowest BCUT2D eigenvalue weighted by Crippen LogP contribution is -2.34. The molecule has 2 aliphatic rings. The molecule has 1 atom stereocenters.